The van der Waals surface area contributed by atoms with Gasteiger partial charge in [0.05, 0.1) is 5.41 Å². The van der Waals surface area contributed by atoms with Gasteiger partial charge < -0.3 is 10.2 Å². The summed E-state index contributed by atoms with van der Waals surface area (Å²) in [6.07, 6.45) is 4.20. The lowest BCUT2D eigenvalue weighted by Gasteiger charge is -2.40. The van der Waals surface area contributed by atoms with E-state index in [1.54, 1.807) is 0 Å². The number of carbonyl (C=O) groups is 1. The van der Waals surface area contributed by atoms with Gasteiger partial charge in [-0.3, -0.25) is 4.79 Å². The minimum absolute atomic E-state index is 0.300. The van der Waals surface area contributed by atoms with E-state index in [0.717, 1.165) is 32.5 Å². The van der Waals surface area contributed by atoms with Crippen LogP contribution >= 0.6 is 0 Å². The summed E-state index contributed by atoms with van der Waals surface area (Å²) in [5.41, 5.74) is 0.899. The third kappa shape index (κ3) is 2.35. The molecular weight excluding hydrogens is 248 g/mol. The molecular formula is C17H24N2O. The van der Waals surface area contributed by atoms with E-state index in [4.69, 9.17) is 0 Å². The molecule has 1 aromatic carbocycles. The van der Waals surface area contributed by atoms with Gasteiger partial charge in [-0.25, -0.2) is 0 Å². The Morgan fingerprint density at radius 3 is 2.45 bits per heavy atom. The summed E-state index contributed by atoms with van der Waals surface area (Å²) < 4.78 is 0. The van der Waals surface area contributed by atoms with Gasteiger partial charge in [-0.05, 0) is 51.3 Å². The molecule has 1 aliphatic heterocycles. The Morgan fingerprint density at radius 1 is 1.25 bits per heavy atom. The van der Waals surface area contributed by atoms with Crippen LogP contribution in [0.15, 0.2) is 30.3 Å². The molecule has 20 heavy (non-hydrogen) atoms. The molecule has 0 spiro atoms. The number of nitrogens with one attached hydrogen (secondary N) is 1. The second-order valence-corrected chi connectivity index (χ2v) is 6.02. The first-order valence-corrected chi connectivity index (χ1v) is 7.85. The van der Waals surface area contributed by atoms with Crippen LogP contribution in [0.1, 0.15) is 38.2 Å². The van der Waals surface area contributed by atoms with Crippen molar-refractivity contribution in [2.75, 3.05) is 19.6 Å². The highest BCUT2D eigenvalue weighted by atomic mass is 16.2. The van der Waals surface area contributed by atoms with E-state index in [2.05, 4.69) is 41.4 Å². The molecule has 2 fully saturated rings. The van der Waals surface area contributed by atoms with Gasteiger partial charge in [0, 0.05) is 12.6 Å². The summed E-state index contributed by atoms with van der Waals surface area (Å²) in [5.74, 6) is 0.357. The number of amides is 1. The van der Waals surface area contributed by atoms with Crippen LogP contribution in [0.25, 0.3) is 0 Å². The third-order valence-corrected chi connectivity index (χ3v) is 4.78. The van der Waals surface area contributed by atoms with E-state index in [9.17, 15) is 4.79 Å². The van der Waals surface area contributed by atoms with E-state index in [1.165, 1.54) is 18.4 Å². The van der Waals surface area contributed by atoms with Crippen molar-refractivity contribution >= 4 is 5.91 Å². The lowest BCUT2D eigenvalue weighted by atomic mass is 9.72. The van der Waals surface area contributed by atoms with E-state index in [1.807, 2.05) is 6.07 Å². The number of piperidine rings is 1. The Hall–Kier alpha value is -1.35. The van der Waals surface area contributed by atoms with Crippen LogP contribution < -0.4 is 5.32 Å². The molecule has 1 N–H and O–H groups in total. The van der Waals surface area contributed by atoms with E-state index in [0.29, 0.717) is 11.9 Å². The number of rotatable bonds is 4. The quantitative estimate of drug-likeness (QED) is 0.912. The zero-order valence-corrected chi connectivity index (χ0v) is 12.3. The lowest BCUT2D eigenvalue weighted by Crippen LogP contribution is -2.52. The maximum Gasteiger partial charge on any atom is 0.233 e. The van der Waals surface area contributed by atoms with Crippen LogP contribution in [-0.2, 0) is 10.2 Å². The minimum Gasteiger partial charge on any atom is -0.339 e. The van der Waals surface area contributed by atoms with Crippen molar-refractivity contribution in [1.29, 1.82) is 0 Å². The Labute approximate surface area is 121 Å². The number of nitrogens with zero attached hydrogens (tertiary/aromatic N) is 1. The average molecular weight is 272 g/mol. The van der Waals surface area contributed by atoms with Gasteiger partial charge in [-0.15, -0.1) is 0 Å². The van der Waals surface area contributed by atoms with Gasteiger partial charge in [0.1, 0.15) is 0 Å². The number of hydrogen-bond acceptors (Lipinski definition) is 2. The van der Waals surface area contributed by atoms with Crippen molar-refractivity contribution in [3.63, 3.8) is 0 Å². The third-order valence-electron chi connectivity index (χ3n) is 4.78. The summed E-state index contributed by atoms with van der Waals surface area (Å²) >= 11 is 0. The number of benzene rings is 1. The SMILES string of the molecule is CCN(C(=O)C1(c2ccccc2)CCNCC1)C1CC1. The van der Waals surface area contributed by atoms with Crippen LogP contribution in [0.4, 0.5) is 0 Å². The second kappa shape index (κ2) is 5.57. The first-order chi connectivity index (χ1) is 9.78. The molecule has 0 atom stereocenters. The van der Waals surface area contributed by atoms with Crippen molar-refractivity contribution in [1.82, 2.24) is 10.2 Å². The van der Waals surface area contributed by atoms with Crippen LogP contribution in [0, 0.1) is 0 Å². The Morgan fingerprint density at radius 2 is 1.90 bits per heavy atom. The standard InChI is InChI=1S/C17H24N2O/c1-2-19(15-8-9-15)16(20)17(10-12-18-13-11-17)14-6-4-3-5-7-14/h3-7,15,18H,2,8-13H2,1H3. The van der Waals surface area contributed by atoms with Crippen LogP contribution in [0.2, 0.25) is 0 Å². The van der Waals surface area contributed by atoms with Crippen molar-refractivity contribution in [2.24, 2.45) is 0 Å². The molecule has 1 heterocycles. The number of hydrogen-bond donors (Lipinski definition) is 1. The van der Waals surface area contributed by atoms with Gasteiger partial charge >= 0.3 is 0 Å². The number of carbonyl (C=O) groups excluding carboxylic acids is 1. The summed E-state index contributed by atoms with van der Waals surface area (Å²) in [6, 6.07) is 10.9. The molecule has 0 radical (unpaired) electrons. The van der Waals surface area contributed by atoms with Crippen molar-refractivity contribution in [3.05, 3.63) is 35.9 Å². The van der Waals surface area contributed by atoms with Crippen molar-refractivity contribution in [2.45, 2.75) is 44.1 Å². The van der Waals surface area contributed by atoms with Gasteiger partial charge in [-0.2, -0.15) is 0 Å². The molecule has 1 aliphatic carbocycles. The summed E-state index contributed by atoms with van der Waals surface area (Å²) in [6.45, 7) is 4.81. The zero-order valence-electron chi connectivity index (χ0n) is 12.3. The molecule has 108 valence electrons. The Balaban J connectivity index is 1.94. The molecule has 2 aliphatic rings. The average Bonchev–Trinajstić information content (AvgIpc) is 3.34. The Kier molecular flexibility index (Phi) is 3.79. The van der Waals surface area contributed by atoms with Crippen molar-refractivity contribution in [3.8, 4) is 0 Å². The summed E-state index contributed by atoms with van der Waals surface area (Å²) in [7, 11) is 0. The maximum absolute atomic E-state index is 13.2. The molecule has 1 saturated heterocycles. The molecule has 0 bridgehead atoms. The lowest BCUT2D eigenvalue weighted by molar-refractivity contribution is -0.139. The van der Waals surface area contributed by atoms with Gasteiger partial charge in [-0.1, -0.05) is 30.3 Å². The van der Waals surface area contributed by atoms with Crippen LogP contribution in [0.3, 0.4) is 0 Å². The predicted octanol–water partition coefficient (Wildman–Crippen LogP) is 2.32. The fraction of sp³-hybridized carbons (Fsp3) is 0.588. The normalized spacial score (nSPS) is 21.4. The Bertz CT molecular complexity index is 461. The van der Waals surface area contributed by atoms with Crippen molar-refractivity contribution < 1.29 is 4.79 Å². The second-order valence-electron chi connectivity index (χ2n) is 6.02. The molecule has 1 saturated carbocycles. The predicted molar refractivity (Wildman–Crippen MR) is 80.6 cm³/mol. The summed E-state index contributed by atoms with van der Waals surface area (Å²) in [4.78, 5) is 15.4. The van der Waals surface area contributed by atoms with E-state index >= 15 is 0 Å². The topological polar surface area (TPSA) is 32.3 Å². The molecule has 3 nitrogen and oxygen atoms in total. The highest BCUT2D eigenvalue weighted by molar-refractivity contribution is 5.89. The maximum atomic E-state index is 13.2. The molecule has 1 amide bonds. The minimum atomic E-state index is -0.300. The van der Waals surface area contributed by atoms with Crippen LogP contribution in [0.5, 0.6) is 0 Å². The summed E-state index contributed by atoms with van der Waals surface area (Å²) in [5, 5.41) is 3.40. The largest absolute Gasteiger partial charge is 0.339 e. The highest BCUT2D eigenvalue weighted by Crippen LogP contribution is 2.38. The molecule has 3 heteroatoms. The van der Waals surface area contributed by atoms with Gasteiger partial charge in [0.15, 0.2) is 0 Å². The van der Waals surface area contributed by atoms with E-state index in [-0.39, 0.29) is 5.41 Å². The molecule has 0 unspecified atom stereocenters. The zero-order chi connectivity index (χ0) is 14.0. The number of likely N-dealkylation sites (N-methyl/N-ethyl adjacent to an activating group) is 1. The van der Waals surface area contributed by atoms with E-state index < -0.39 is 0 Å². The van der Waals surface area contributed by atoms with Gasteiger partial charge in [0.25, 0.3) is 0 Å². The fourth-order valence-electron chi connectivity index (χ4n) is 3.47. The molecule has 0 aromatic heterocycles. The molecule has 1 aromatic rings. The van der Waals surface area contributed by atoms with Gasteiger partial charge in [0.2, 0.25) is 5.91 Å². The first-order valence-electron chi connectivity index (χ1n) is 7.85. The first kappa shape index (κ1) is 13.6. The molecule has 3 rings (SSSR count). The van der Waals surface area contributed by atoms with Crippen LogP contribution in [-0.4, -0.2) is 36.5 Å². The smallest absolute Gasteiger partial charge is 0.233 e. The fourth-order valence-corrected chi connectivity index (χ4v) is 3.47. The highest BCUT2D eigenvalue weighted by Gasteiger charge is 2.46. The monoisotopic (exact) mass is 272 g/mol.